The van der Waals surface area contributed by atoms with Gasteiger partial charge < -0.3 is 14.4 Å². The number of H-pyrrole nitrogens is 1. The highest BCUT2D eigenvalue weighted by molar-refractivity contribution is 5.93. The molecule has 1 aromatic heterocycles. The molecule has 1 N–H and O–H groups in total. The smallest absolute Gasteiger partial charge is 0.274 e. The Morgan fingerprint density at radius 2 is 2.17 bits per heavy atom. The van der Waals surface area contributed by atoms with Gasteiger partial charge in [0.15, 0.2) is 0 Å². The lowest BCUT2D eigenvalue weighted by atomic mass is 10.0. The van der Waals surface area contributed by atoms with E-state index in [9.17, 15) is 4.79 Å². The van der Waals surface area contributed by atoms with Crippen LogP contribution in [0.15, 0.2) is 24.3 Å². The number of carbonyl (C=O) groups is 1. The predicted molar refractivity (Wildman–Crippen MR) is 90.5 cm³/mol. The van der Waals surface area contributed by atoms with Crippen LogP contribution in [-0.2, 0) is 6.42 Å². The molecular formula is C18H23N3O3. The van der Waals surface area contributed by atoms with Crippen molar-refractivity contribution in [1.29, 1.82) is 0 Å². The van der Waals surface area contributed by atoms with Crippen LogP contribution in [0.5, 0.6) is 11.5 Å². The number of hydrogen-bond acceptors (Lipinski definition) is 4. The number of methoxy groups -OCH3 is 2. The fraction of sp³-hybridized carbons (Fsp3) is 0.444. The van der Waals surface area contributed by atoms with Gasteiger partial charge in [0.05, 0.1) is 20.3 Å². The van der Waals surface area contributed by atoms with Crippen LogP contribution >= 0.6 is 0 Å². The minimum atomic E-state index is -0.0358. The zero-order chi connectivity index (χ0) is 17.1. The summed E-state index contributed by atoms with van der Waals surface area (Å²) in [7, 11) is 3.27. The summed E-state index contributed by atoms with van der Waals surface area (Å²) in [5.74, 6) is 1.45. The van der Waals surface area contributed by atoms with Gasteiger partial charge in [-0.1, -0.05) is 6.92 Å². The van der Waals surface area contributed by atoms with E-state index in [1.54, 1.807) is 14.2 Å². The van der Waals surface area contributed by atoms with Crippen molar-refractivity contribution in [2.24, 2.45) is 0 Å². The highest BCUT2D eigenvalue weighted by atomic mass is 16.5. The molecule has 0 spiro atoms. The maximum atomic E-state index is 12.9. The van der Waals surface area contributed by atoms with E-state index in [2.05, 4.69) is 10.2 Å². The Morgan fingerprint density at radius 1 is 1.33 bits per heavy atom. The summed E-state index contributed by atoms with van der Waals surface area (Å²) in [5.41, 5.74) is 2.46. The van der Waals surface area contributed by atoms with Gasteiger partial charge in [-0.25, -0.2) is 0 Å². The molecule has 0 bridgehead atoms. The predicted octanol–water partition coefficient (Wildman–Crippen LogP) is 2.97. The molecule has 2 aromatic rings. The number of aryl methyl sites for hydroxylation is 1. The first-order valence-electron chi connectivity index (χ1n) is 8.25. The highest BCUT2D eigenvalue weighted by Gasteiger charge is 2.33. The Kier molecular flexibility index (Phi) is 4.74. The molecule has 2 heterocycles. The van der Waals surface area contributed by atoms with Crippen molar-refractivity contribution < 1.29 is 14.3 Å². The Hall–Kier alpha value is -2.50. The van der Waals surface area contributed by atoms with Gasteiger partial charge in [-0.2, -0.15) is 5.10 Å². The van der Waals surface area contributed by atoms with Gasteiger partial charge in [0.2, 0.25) is 0 Å². The van der Waals surface area contributed by atoms with Crippen LogP contribution in [0, 0.1) is 0 Å². The maximum Gasteiger partial charge on any atom is 0.274 e. The molecule has 0 saturated carbocycles. The number of rotatable bonds is 5. The second-order valence-electron chi connectivity index (χ2n) is 5.90. The second kappa shape index (κ2) is 6.95. The van der Waals surface area contributed by atoms with E-state index in [-0.39, 0.29) is 11.9 Å². The van der Waals surface area contributed by atoms with Gasteiger partial charge in [-0.15, -0.1) is 0 Å². The number of aromatic nitrogens is 2. The molecule has 1 fully saturated rings. The largest absolute Gasteiger partial charge is 0.497 e. The SMILES string of the molecule is CCc1cc(C(=O)N2CCCC2c2ccc(OC)cc2OC)n[nH]1. The van der Waals surface area contributed by atoms with Gasteiger partial charge in [0.25, 0.3) is 5.91 Å². The molecule has 0 aliphatic carbocycles. The first-order chi connectivity index (χ1) is 11.7. The summed E-state index contributed by atoms with van der Waals surface area (Å²) < 4.78 is 10.8. The lowest BCUT2D eigenvalue weighted by Gasteiger charge is -2.26. The van der Waals surface area contributed by atoms with E-state index in [1.165, 1.54) is 0 Å². The molecule has 1 atom stereocenters. The molecule has 6 heteroatoms. The highest BCUT2D eigenvalue weighted by Crippen LogP contribution is 2.39. The van der Waals surface area contributed by atoms with Crippen LogP contribution < -0.4 is 9.47 Å². The molecule has 1 aliphatic rings. The van der Waals surface area contributed by atoms with Crippen molar-refractivity contribution in [2.45, 2.75) is 32.2 Å². The molecule has 0 radical (unpaired) electrons. The zero-order valence-electron chi connectivity index (χ0n) is 14.3. The summed E-state index contributed by atoms with van der Waals surface area (Å²) in [4.78, 5) is 14.7. The maximum absolute atomic E-state index is 12.9. The molecule has 3 rings (SSSR count). The minimum absolute atomic E-state index is 0.000123. The van der Waals surface area contributed by atoms with Gasteiger partial charge in [-0.3, -0.25) is 9.89 Å². The van der Waals surface area contributed by atoms with Crippen LogP contribution in [0.3, 0.4) is 0 Å². The van der Waals surface area contributed by atoms with Gasteiger partial charge in [0.1, 0.15) is 17.2 Å². The van der Waals surface area contributed by atoms with E-state index >= 15 is 0 Å². The van der Waals surface area contributed by atoms with Crippen LogP contribution in [0.1, 0.15) is 47.6 Å². The number of benzene rings is 1. The minimum Gasteiger partial charge on any atom is -0.497 e. The quantitative estimate of drug-likeness (QED) is 0.916. The van der Waals surface area contributed by atoms with Crippen molar-refractivity contribution >= 4 is 5.91 Å². The number of nitrogens with zero attached hydrogens (tertiary/aromatic N) is 2. The van der Waals surface area contributed by atoms with Gasteiger partial charge >= 0.3 is 0 Å². The second-order valence-corrected chi connectivity index (χ2v) is 5.90. The summed E-state index contributed by atoms with van der Waals surface area (Å²) in [5, 5.41) is 7.08. The average Bonchev–Trinajstić information content (AvgIpc) is 3.29. The molecule has 6 nitrogen and oxygen atoms in total. The molecule has 1 saturated heterocycles. The fourth-order valence-electron chi connectivity index (χ4n) is 3.23. The Morgan fingerprint density at radius 3 is 2.83 bits per heavy atom. The van der Waals surface area contributed by atoms with Crippen LogP contribution in [0.2, 0.25) is 0 Å². The van der Waals surface area contributed by atoms with Crippen molar-refractivity contribution in [1.82, 2.24) is 15.1 Å². The third kappa shape index (κ3) is 2.96. The molecule has 1 aromatic carbocycles. The average molecular weight is 329 g/mol. The Bertz CT molecular complexity index is 726. The van der Waals surface area contributed by atoms with Crippen molar-refractivity contribution in [3.8, 4) is 11.5 Å². The molecule has 128 valence electrons. The lowest BCUT2D eigenvalue weighted by Crippen LogP contribution is -2.31. The van der Waals surface area contributed by atoms with Crippen molar-refractivity contribution in [3.05, 3.63) is 41.2 Å². The van der Waals surface area contributed by atoms with Crippen LogP contribution in [0.25, 0.3) is 0 Å². The van der Waals surface area contributed by atoms with Crippen LogP contribution in [-0.4, -0.2) is 41.8 Å². The first kappa shape index (κ1) is 16.4. The van der Waals surface area contributed by atoms with Crippen molar-refractivity contribution in [2.75, 3.05) is 20.8 Å². The number of hydrogen-bond donors (Lipinski definition) is 1. The third-order valence-electron chi connectivity index (χ3n) is 4.54. The molecule has 1 unspecified atom stereocenters. The normalized spacial score (nSPS) is 17.1. The first-order valence-corrected chi connectivity index (χ1v) is 8.25. The number of likely N-dealkylation sites (tertiary alicyclic amines) is 1. The van der Waals surface area contributed by atoms with Gasteiger partial charge in [0, 0.05) is 23.9 Å². The fourth-order valence-corrected chi connectivity index (χ4v) is 3.23. The summed E-state index contributed by atoms with van der Waals surface area (Å²) in [6.45, 7) is 2.76. The molecule has 24 heavy (non-hydrogen) atoms. The van der Waals surface area contributed by atoms with Crippen LogP contribution in [0.4, 0.5) is 0 Å². The van der Waals surface area contributed by atoms with E-state index in [0.717, 1.165) is 48.6 Å². The Balaban J connectivity index is 1.89. The van der Waals surface area contributed by atoms with E-state index < -0.39 is 0 Å². The molecule has 1 aliphatic heterocycles. The monoisotopic (exact) mass is 329 g/mol. The lowest BCUT2D eigenvalue weighted by molar-refractivity contribution is 0.0728. The van der Waals surface area contributed by atoms with E-state index in [0.29, 0.717) is 5.69 Å². The zero-order valence-corrected chi connectivity index (χ0v) is 14.3. The standard InChI is InChI=1S/C18H23N3O3/c1-4-12-10-15(20-19-12)18(22)21-9-5-6-16(21)14-8-7-13(23-2)11-17(14)24-3/h7-8,10-11,16H,4-6,9H2,1-3H3,(H,19,20). The summed E-state index contributed by atoms with van der Waals surface area (Å²) in [6, 6.07) is 7.58. The third-order valence-corrected chi connectivity index (χ3v) is 4.54. The summed E-state index contributed by atoms with van der Waals surface area (Å²) >= 11 is 0. The summed E-state index contributed by atoms with van der Waals surface area (Å²) in [6.07, 6.45) is 2.71. The number of nitrogens with one attached hydrogen (secondary N) is 1. The topological polar surface area (TPSA) is 67.5 Å². The van der Waals surface area contributed by atoms with Gasteiger partial charge in [-0.05, 0) is 37.5 Å². The van der Waals surface area contributed by atoms with E-state index in [1.807, 2.05) is 36.1 Å². The number of amides is 1. The van der Waals surface area contributed by atoms with E-state index in [4.69, 9.17) is 9.47 Å². The van der Waals surface area contributed by atoms with Crippen molar-refractivity contribution in [3.63, 3.8) is 0 Å². The Labute approximate surface area is 141 Å². The molecular weight excluding hydrogens is 306 g/mol. The number of carbonyl (C=O) groups excluding carboxylic acids is 1. The number of ether oxygens (including phenoxy) is 2. The number of aromatic amines is 1. The molecule has 1 amide bonds.